The summed E-state index contributed by atoms with van der Waals surface area (Å²) in [5, 5.41) is 20.1. The molecule has 1 heterocycles. The van der Waals surface area contributed by atoms with Gasteiger partial charge in [0, 0.05) is 16.7 Å². The van der Waals surface area contributed by atoms with E-state index in [0.717, 1.165) is 66.3 Å². The lowest BCUT2D eigenvalue weighted by Crippen LogP contribution is -1.94. The first-order chi connectivity index (χ1) is 25.2. The van der Waals surface area contributed by atoms with Gasteiger partial charge in [0.15, 0.2) is 0 Å². The standard InChI is InChI=1S/C47H31N3O/c51-44-28-25-34-14-4-8-21-40(34)47(44)46-39-20-7-3-13-33(39)24-27-43(46)49-30-36-17-10-16-35(50-36)29-48-42-26-23-32-12-2-6-19-38(32)45(42)41-22-9-15-31-11-1-5-18-37(31)41/h1-30,51H. The van der Waals surface area contributed by atoms with Gasteiger partial charge in [0.05, 0.1) is 35.2 Å². The summed E-state index contributed by atoms with van der Waals surface area (Å²) in [4.78, 5) is 14.9. The van der Waals surface area contributed by atoms with Gasteiger partial charge in [0.25, 0.3) is 0 Å². The minimum atomic E-state index is 0.217. The molecule has 0 atom stereocenters. The van der Waals surface area contributed by atoms with Crippen LogP contribution in [0.1, 0.15) is 11.4 Å². The quantitative estimate of drug-likeness (QED) is 0.182. The third-order valence-electron chi connectivity index (χ3n) is 9.49. The minimum Gasteiger partial charge on any atom is -0.507 e. The van der Waals surface area contributed by atoms with Crippen LogP contribution in [0.5, 0.6) is 5.75 Å². The molecular formula is C47H31N3O. The van der Waals surface area contributed by atoms with E-state index >= 15 is 0 Å². The normalized spacial score (nSPS) is 11.8. The van der Waals surface area contributed by atoms with Gasteiger partial charge in [-0.25, -0.2) is 4.98 Å². The minimum absolute atomic E-state index is 0.217. The summed E-state index contributed by atoms with van der Waals surface area (Å²) < 4.78 is 0. The maximum absolute atomic E-state index is 11.2. The summed E-state index contributed by atoms with van der Waals surface area (Å²) in [6.45, 7) is 0. The number of nitrogens with zero attached hydrogens (tertiary/aromatic N) is 3. The van der Waals surface area contributed by atoms with Crippen LogP contribution in [0.15, 0.2) is 180 Å². The summed E-state index contributed by atoms with van der Waals surface area (Å²) in [5.74, 6) is 0.217. The SMILES string of the molecule is Oc1ccc2ccccc2c1-c1c(N=Cc2cccc(C=Nc3ccc4ccccc4c3-c3cccc4ccccc34)n2)ccc2ccccc12. The van der Waals surface area contributed by atoms with Crippen molar-refractivity contribution in [2.45, 2.75) is 0 Å². The fourth-order valence-electron chi connectivity index (χ4n) is 7.13. The van der Waals surface area contributed by atoms with Crippen molar-refractivity contribution in [3.63, 3.8) is 0 Å². The Hall–Kier alpha value is -6.91. The van der Waals surface area contributed by atoms with E-state index in [1.807, 2.05) is 66.9 Å². The van der Waals surface area contributed by atoms with Gasteiger partial charge < -0.3 is 5.11 Å². The Morgan fingerprint density at radius 1 is 0.373 bits per heavy atom. The molecular weight excluding hydrogens is 623 g/mol. The third kappa shape index (κ3) is 5.59. The molecule has 0 spiro atoms. The molecule has 1 N–H and O–H groups in total. The van der Waals surface area contributed by atoms with Crippen molar-refractivity contribution < 1.29 is 5.11 Å². The monoisotopic (exact) mass is 653 g/mol. The number of hydrogen-bond acceptors (Lipinski definition) is 4. The molecule has 0 fully saturated rings. The van der Waals surface area contributed by atoms with Crippen molar-refractivity contribution in [2.75, 3.05) is 0 Å². The molecule has 0 saturated heterocycles. The molecule has 0 aliphatic carbocycles. The number of benzene rings is 8. The van der Waals surface area contributed by atoms with Crippen LogP contribution in [-0.4, -0.2) is 22.5 Å². The van der Waals surface area contributed by atoms with E-state index in [4.69, 9.17) is 15.0 Å². The molecule has 0 saturated carbocycles. The fourth-order valence-corrected chi connectivity index (χ4v) is 7.13. The van der Waals surface area contributed by atoms with Gasteiger partial charge in [-0.3, -0.25) is 9.98 Å². The second-order valence-corrected chi connectivity index (χ2v) is 12.6. The van der Waals surface area contributed by atoms with E-state index in [-0.39, 0.29) is 5.75 Å². The number of hydrogen-bond donors (Lipinski definition) is 1. The molecule has 240 valence electrons. The van der Waals surface area contributed by atoms with Crippen LogP contribution in [0.25, 0.3) is 65.3 Å². The van der Waals surface area contributed by atoms with Crippen molar-refractivity contribution in [1.29, 1.82) is 0 Å². The van der Waals surface area contributed by atoms with Crippen molar-refractivity contribution in [2.24, 2.45) is 9.98 Å². The van der Waals surface area contributed by atoms with Crippen molar-refractivity contribution >= 4 is 66.9 Å². The molecule has 0 amide bonds. The van der Waals surface area contributed by atoms with Gasteiger partial charge in [0.2, 0.25) is 0 Å². The number of rotatable bonds is 6. The van der Waals surface area contributed by atoms with Crippen LogP contribution in [0.2, 0.25) is 0 Å². The second-order valence-electron chi connectivity index (χ2n) is 12.6. The van der Waals surface area contributed by atoms with Gasteiger partial charge in [-0.15, -0.1) is 0 Å². The van der Waals surface area contributed by atoms with Gasteiger partial charge >= 0.3 is 0 Å². The number of phenolic OH excluding ortho intramolecular Hbond substituents is 1. The van der Waals surface area contributed by atoms with Crippen LogP contribution in [0.3, 0.4) is 0 Å². The van der Waals surface area contributed by atoms with Crippen LogP contribution < -0.4 is 0 Å². The molecule has 9 aromatic rings. The Morgan fingerprint density at radius 3 is 1.41 bits per heavy atom. The largest absolute Gasteiger partial charge is 0.507 e. The predicted molar refractivity (Wildman–Crippen MR) is 214 cm³/mol. The molecule has 0 radical (unpaired) electrons. The van der Waals surface area contributed by atoms with E-state index in [1.165, 1.54) is 16.2 Å². The first kappa shape index (κ1) is 30.2. The summed E-state index contributed by atoms with van der Waals surface area (Å²) in [5.41, 5.74) is 6.94. The Bertz CT molecular complexity index is 2830. The zero-order valence-corrected chi connectivity index (χ0v) is 27.6. The summed E-state index contributed by atoms with van der Waals surface area (Å²) in [6, 6.07) is 57.6. The van der Waals surface area contributed by atoms with E-state index < -0.39 is 0 Å². The smallest absolute Gasteiger partial charge is 0.124 e. The topological polar surface area (TPSA) is 57.8 Å². The lowest BCUT2D eigenvalue weighted by atomic mass is 9.92. The zero-order chi connectivity index (χ0) is 34.1. The average molecular weight is 654 g/mol. The Morgan fingerprint density at radius 2 is 0.804 bits per heavy atom. The van der Waals surface area contributed by atoms with Crippen LogP contribution in [0, 0.1) is 0 Å². The highest BCUT2D eigenvalue weighted by Crippen LogP contribution is 2.45. The van der Waals surface area contributed by atoms with Gasteiger partial charge in [-0.2, -0.15) is 0 Å². The number of fused-ring (bicyclic) bond motifs is 4. The molecule has 0 aliphatic rings. The van der Waals surface area contributed by atoms with Crippen molar-refractivity contribution in [1.82, 2.24) is 4.98 Å². The second kappa shape index (κ2) is 12.8. The zero-order valence-electron chi connectivity index (χ0n) is 27.6. The molecule has 8 aromatic carbocycles. The highest BCUT2D eigenvalue weighted by Gasteiger charge is 2.17. The first-order valence-electron chi connectivity index (χ1n) is 17.0. The molecule has 9 rings (SSSR count). The summed E-state index contributed by atoms with van der Waals surface area (Å²) in [7, 11) is 0. The van der Waals surface area contributed by atoms with Crippen LogP contribution in [-0.2, 0) is 0 Å². The number of aliphatic imine (C=N–C) groups is 2. The molecule has 0 bridgehead atoms. The maximum Gasteiger partial charge on any atom is 0.124 e. The van der Waals surface area contributed by atoms with E-state index in [9.17, 15) is 5.11 Å². The Labute approximate surface area is 295 Å². The molecule has 51 heavy (non-hydrogen) atoms. The van der Waals surface area contributed by atoms with Crippen molar-refractivity contribution in [3.8, 4) is 28.0 Å². The summed E-state index contributed by atoms with van der Waals surface area (Å²) in [6.07, 6.45) is 3.61. The lowest BCUT2D eigenvalue weighted by Gasteiger charge is -2.15. The van der Waals surface area contributed by atoms with Gasteiger partial charge in [0.1, 0.15) is 5.75 Å². The highest BCUT2D eigenvalue weighted by atomic mass is 16.3. The lowest BCUT2D eigenvalue weighted by molar-refractivity contribution is 0.478. The number of aromatic hydroxyl groups is 1. The maximum atomic E-state index is 11.2. The van der Waals surface area contributed by atoms with Crippen LogP contribution >= 0.6 is 0 Å². The number of phenols is 1. The van der Waals surface area contributed by atoms with Gasteiger partial charge in [-0.05, 0) is 79.0 Å². The molecule has 4 nitrogen and oxygen atoms in total. The van der Waals surface area contributed by atoms with Crippen LogP contribution in [0.4, 0.5) is 11.4 Å². The third-order valence-corrected chi connectivity index (χ3v) is 9.49. The first-order valence-corrected chi connectivity index (χ1v) is 17.0. The van der Waals surface area contributed by atoms with Crippen molar-refractivity contribution in [3.05, 3.63) is 181 Å². The predicted octanol–water partition coefficient (Wildman–Crippen LogP) is 12.2. The molecule has 0 unspecified atom stereocenters. The van der Waals surface area contributed by atoms with E-state index in [0.29, 0.717) is 5.69 Å². The molecule has 0 aliphatic heterocycles. The van der Waals surface area contributed by atoms with Gasteiger partial charge in [-0.1, -0.05) is 140 Å². The molecule has 1 aromatic heterocycles. The number of pyridine rings is 1. The highest BCUT2D eigenvalue weighted by molar-refractivity contribution is 6.12. The summed E-state index contributed by atoms with van der Waals surface area (Å²) >= 11 is 0. The molecule has 4 heteroatoms. The fraction of sp³-hybridized carbons (Fsp3) is 0. The Balaban J connectivity index is 1.12. The van der Waals surface area contributed by atoms with E-state index in [2.05, 4.69) is 103 Å². The average Bonchev–Trinajstić information content (AvgIpc) is 3.19. The van der Waals surface area contributed by atoms with E-state index in [1.54, 1.807) is 12.3 Å². The number of aromatic nitrogens is 1. The Kier molecular flexibility index (Phi) is 7.60.